The largest absolute Gasteiger partial charge is 0.494 e. The maximum Gasteiger partial charge on any atom is 0.166 e. The van der Waals surface area contributed by atoms with E-state index in [0.717, 1.165) is 33.4 Å². The van der Waals surface area contributed by atoms with Crippen molar-refractivity contribution in [1.82, 2.24) is 9.97 Å². The Kier molecular flexibility index (Phi) is 4.01. The van der Waals surface area contributed by atoms with Crippen LogP contribution >= 0.6 is 11.8 Å². The number of hydrogen-bond donors (Lipinski definition) is 2. The van der Waals surface area contributed by atoms with Crippen molar-refractivity contribution in [2.24, 2.45) is 0 Å². The Morgan fingerprint density at radius 1 is 1.19 bits per heavy atom. The fourth-order valence-electron chi connectivity index (χ4n) is 2.07. The number of hydrogen-bond acceptors (Lipinski definition) is 4. The summed E-state index contributed by atoms with van der Waals surface area (Å²) in [7, 11) is 0. The van der Waals surface area contributed by atoms with Crippen LogP contribution in [0.15, 0.2) is 47.6 Å². The molecular weight excluding hydrogens is 282 g/mol. The molecule has 3 rings (SSSR count). The molecule has 3 N–H and O–H groups in total. The van der Waals surface area contributed by atoms with Crippen molar-refractivity contribution in [3.63, 3.8) is 0 Å². The van der Waals surface area contributed by atoms with E-state index in [1.807, 2.05) is 37.3 Å². The number of nitrogens with zero attached hydrogens (tertiary/aromatic N) is 1. The van der Waals surface area contributed by atoms with Crippen LogP contribution in [0.2, 0.25) is 0 Å². The number of nitrogens with one attached hydrogen (secondary N) is 1. The van der Waals surface area contributed by atoms with Gasteiger partial charge in [0.05, 0.1) is 17.6 Å². The summed E-state index contributed by atoms with van der Waals surface area (Å²) in [6.07, 6.45) is 0. The molecule has 0 aliphatic rings. The molecule has 4 nitrogen and oxygen atoms in total. The number of ether oxygens (including phenoxy) is 1. The maximum atomic E-state index is 5.77. The first-order valence-electron chi connectivity index (χ1n) is 6.84. The van der Waals surface area contributed by atoms with E-state index >= 15 is 0 Å². The first-order valence-corrected chi connectivity index (χ1v) is 7.83. The number of imidazole rings is 1. The summed E-state index contributed by atoms with van der Waals surface area (Å²) >= 11 is 1.68. The van der Waals surface area contributed by atoms with Crippen LogP contribution in [-0.4, -0.2) is 16.6 Å². The molecule has 0 radical (unpaired) electrons. The average Bonchev–Trinajstić information content (AvgIpc) is 2.89. The molecule has 0 aliphatic carbocycles. The van der Waals surface area contributed by atoms with Gasteiger partial charge >= 0.3 is 0 Å². The van der Waals surface area contributed by atoms with Crippen LogP contribution in [0.1, 0.15) is 12.5 Å². The van der Waals surface area contributed by atoms with Gasteiger partial charge in [-0.3, -0.25) is 0 Å². The van der Waals surface area contributed by atoms with Crippen LogP contribution < -0.4 is 10.5 Å². The van der Waals surface area contributed by atoms with Gasteiger partial charge in [0.15, 0.2) is 5.16 Å². The first kappa shape index (κ1) is 13.8. The lowest BCUT2D eigenvalue weighted by Gasteiger charge is -2.04. The van der Waals surface area contributed by atoms with Gasteiger partial charge in [0, 0.05) is 11.4 Å². The number of thioether (sulfide) groups is 1. The molecule has 0 saturated carbocycles. The van der Waals surface area contributed by atoms with Crippen LogP contribution in [0, 0.1) is 0 Å². The molecule has 0 atom stereocenters. The van der Waals surface area contributed by atoms with E-state index in [0.29, 0.717) is 6.61 Å². The number of benzene rings is 2. The minimum Gasteiger partial charge on any atom is -0.494 e. The highest BCUT2D eigenvalue weighted by atomic mass is 32.2. The molecule has 0 unspecified atom stereocenters. The summed E-state index contributed by atoms with van der Waals surface area (Å²) in [5.41, 5.74) is 9.67. The quantitative estimate of drug-likeness (QED) is 0.555. The number of fused-ring (bicyclic) bond motifs is 1. The molecule has 0 amide bonds. The number of H-pyrrole nitrogens is 1. The van der Waals surface area contributed by atoms with Crippen LogP contribution in [-0.2, 0) is 5.75 Å². The summed E-state index contributed by atoms with van der Waals surface area (Å²) < 4.78 is 5.44. The number of nitrogens with two attached hydrogens (primary N) is 1. The van der Waals surface area contributed by atoms with Crippen LogP contribution in [0.4, 0.5) is 5.69 Å². The highest BCUT2D eigenvalue weighted by Crippen LogP contribution is 2.25. The lowest BCUT2D eigenvalue weighted by atomic mass is 10.2. The second-order valence-corrected chi connectivity index (χ2v) is 5.65. The van der Waals surface area contributed by atoms with Crippen LogP contribution in [0.3, 0.4) is 0 Å². The van der Waals surface area contributed by atoms with Crippen molar-refractivity contribution in [2.45, 2.75) is 17.8 Å². The van der Waals surface area contributed by atoms with Gasteiger partial charge in [0.25, 0.3) is 0 Å². The highest BCUT2D eigenvalue weighted by Gasteiger charge is 2.04. The molecule has 2 aromatic carbocycles. The van der Waals surface area contributed by atoms with E-state index in [-0.39, 0.29) is 0 Å². The van der Waals surface area contributed by atoms with Gasteiger partial charge in [-0.1, -0.05) is 23.9 Å². The van der Waals surface area contributed by atoms with Crippen molar-refractivity contribution in [3.8, 4) is 5.75 Å². The molecule has 21 heavy (non-hydrogen) atoms. The summed E-state index contributed by atoms with van der Waals surface area (Å²) in [4.78, 5) is 7.83. The standard InChI is InChI=1S/C16H17N3OS/c1-2-20-13-6-3-11(4-7-13)10-21-16-18-14-8-5-12(17)9-15(14)19-16/h3-9H,2,10,17H2,1H3,(H,18,19). The molecule has 1 heterocycles. The van der Waals surface area contributed by atoms with E-state index in [4.69, 9.17) is 10.5 Å². The Morgan fingerprint density at radius 2 is 2.00 bits per heavy atom. The smallest absolute Gasteiger partial charge is 0.166 e. The Hall–Kier alpha value is -2.14. The highest BCUT2D eigenvalue weighted by molar-refractivity contribution is 7.98. The van der Waals surface area contributed by atoms with E-state index in [1.54, 1.807) is 11.8 Å². The predicted octanol–water partition coefficient (Wildman–Crippen LogP) is 3.84. The van der Waals surface area contributed by atoms with E-state index in [1.165, 1.54) is 5.56 Å². The van der Waals surface area contributed by atoms with Gasteiger partial charge < -0.3 is 15.5 Å². The summed E-state index contributed by atoms with van der Waals surface area (Å²) in [5.74, 6) is 1.77. The summed E-state index contributed by atoms with van der Waals surface area (Å²) in [6.45, 7) is 2.67. The van der Waals surface area contributed by atoms with Gasteiger partial charge in [-0.2, -0.15) is 0 Å². The summed E-state index contributed by atoms with van der Waals surface area (Å²) in [6, 6.07) is 13.9. The zero-order valence-electron chi connectivity index (χ0n) is 11.8. The maximum absolute atomic E-state index is 5.77. The molecule has 0 spiro atoms. The molecule has 0 saturated heterocycles. The third-order valence-corrected chi connectivity index (χ3v) is 4.04. The number of nitrogen functional groups attached to an aromatic ring is 1. The number of aromatic nitrogens is 2. The minimum absolute atomic E-state index is 0.691. The van der Waals surface area contributed by atoms with Crippen molar-refractivity contribution < 1.29 is 4.74 Å². The van der Waals surface area contributed by atoms with Crippen molar-refractivity contribution in [3.05, 3.63) is 48.0 Å². The Labute approximate surface area is 127 Å². The zero-order chi connectivity index (χ0) is 14.7. The topological polar surface area (TPSA) is 63.9 Å². The summed E-state index contributed by atoms with van der Waals surface area (Å²) in [5, 5.41) is 0.907. The lowest BCUT2D eigenvalue weighted by molar-refractivity contribution is 0.340. The fourth-order valence-corrected chi connectivity index (χ4v) is 2.91. The van der Waals surface area contributed by atoms with Gasteiger partial charge in [-0.25, -0.2) is 4.98 Å². The predicted molar refractivity (Wildman–Crippen MR) is 87.7 cm³/mol. The molecule has 0 bridgehead atoms. The van der Waals surface area contributed by atoms with Crippen molar-refractivity contribution >= 4 is 28.5 Å². The third kappa shape index (κ3) is 3.31. The number of rotatable bonds is 5. The van der Waals surface area contributed by atoms with E-state index in [2.05, 4.69) is 22.1 Å². The van der Waals surface area contributed by atoms with Gasteiger partial charge in [-0.15, -0.1) is 0 Å². The van der Waals surface area contributed by atoms with Crippen molar-refractivity contribution in [1.29, 1.82) is 0 Å². The lowest BCUT2D eigenvalue weighted by Crippen LogP contribution is -1.91. The van der Waals surface area contributed by atoms with E-state index in [9.17, 15) is 0 Å². The molecule has 0 aliphatic heterocycles. The monoisotopic (exact) mass is 299 g/mol. The molecular formula is C16H17N3OS. The second-order valence-electron chi connectivity index (χ2n) is 4.68. The SMILES string of the molecule is CCOc1ccc(CSc2nc3ccc(N)cc3[nH]2)cc1. The fraction of sp³-hybridized carbons (Fsp3) is 0.188. The zero-order valence-corrected chi connectivity index (χ0v) is 12.6. The Balaban J connectivity index is 1.68. The van der Waals surface area contributed by atoms with Gasteiger partial charge in [0.2, 0.25) is 0 Å². The van der Waals surface area contributed by atoms with Gasteiger partial charge in [-0.05, 0) is 42.8 Å². The van der Waals surface area contributed by atoms with Gasteiger partial charge in [0.1, 0.15) is 5.75 Å². The Bertz CT molecular complexity index is 737. The molecule has 0 fully saturated rings. The Morgan fingerprint density at radius 3 is 2.76 bits per heavy atom. The van der Waals surface area contributed by atoms with Crippen LogP contribution in [0.25, 0.3) is 11.0 Å². The van der Waals surface area contributed by atoms with Crippen molar-refractivity contribution in [2.75, 3.05) is 12.3 Å². The molecule has 1 aromatic heterocycles. The number of aromatic amines is 1. The average molecular weight is 299 g/mol. The number of anilines is 1. The molecule has 108 valence electrons. The first-order chi connectivity index (χ1) is 10.2. The second kappa shape index (κ2) is 6.10. The normalized spacial score (nSPS) is 10.9. The van der Waals surface area contributed by atoms with E-state index < -0.39 is 0 Å². The minimum atomic E-state index is 0.691. The molecule has 5 heteroatoms. The molecule has 3 aromatic rings. The third-order valence-electron chi connectivity index (χ3n) is 3.09. The van der Waals surface area contributed by atoms with Crippen LogP contribution in [0.5, 0.6) is 5.75 Å².